The summed E-state index contributed by atoms with van der Waals surface area (Å²) in [6, 6.07) is 3.90. The number of nitrogens with zero attached hydrogens (tertiary/aromatic N) is 1. The van der Waals surface area contributed by atoms with Crippen molar-refractivity contribution < 1.29 is 19.0 Å². The molecule has 1 aromatic carbocycles. The van der Waals surface area contributed by atoms with Gasteiger partial charge in [0.05, 0.1) is 10.7 Å². The van der Waals surface area contributed by atoms with E-state index in [1.165, 1.54) is 22.8 Å². The normalized spacial score (nSPS) is 15.6. The Morgan fingerprint density at radius 1 is 1.35 bits per heavy atom. The molecular weight excluding hydrogens is 325 g/mol. The number of ether oxygens (including phenoxy) is 1. The van der Waals surface area contributed by atoms with Crippen LogP contribution in [0.1, 0.15) is 34.8 Å². The Kier molecular flexibility index (Phi) is 2.99. The van der Waals surface area contributed by atoms with E-state index in [1.54, 1.807) is 0 Å². The molecule has 0 bridgehead atoms. The lowest BCUT2D eigenvalue weighted by Gasteiger charge is -2.25. The van der Waals surface area contributed by atoms with Gasteiger partial charge in [-0.15, -0.1) is 0 Å². The Balaban J connectivity index is 2.07. The third-order valence-electron chi connectivity index (χ3n) is 4.12. The summed E-state index contributed by atoms with van der Waals surface area (Å²) in [5, 5.41) is 9.17. The van der Waals surface area contributed by atoms with Gasteiger partial charge in [0.25, 0.3) is 5.56 Å². The molecule has 4 rings (SSSR count). The van der Waals surface area contributed by atoms with E-state index >= 15 is 0 Å². The Morgan fingerprint density at radius 3 is 2.74 bits per heavy atom. The standard InChI is InChI=1S/C16H11ClFNO4/c17-11-4-9-13(5-12(11)18)23-6-7-3-10(16(21)22)15(20)19(14(7)9)8-1-2-8/h3-5,8H,1-2,6H2,(H,21,22). The first-order chi connectivity index (χ1) is 11.0. The first-order valence-electron chi connectivity index (χ1n) is 7.11. The number of fused-ring (bicyclic) bond motifs is 3. The number of hydrogen-bond acceptors (Lipinski definition) is 3. The van der Waals surface area contributed by atoms with E-state index in [0.29, 0.717) is 22.6 Å². The predicted octanol–water partition coefficient (Wildman–Crippen LogP) is 3.23. The van der Waals surface area contributed by atoms with Crippen LogP contribution in [0.15, 0.2) is 23.0 Å². The summed E-state index contributed by atoms with van der Waals surface area (Å²) in [5.41, 5.74) is 0.844. The minimum atomic E-state index is -1.27. The van der Waals surface area contributed by atoms with Crippen LogP contribution >= 0.6 is 11.6 Å². The van der Waals surface area contributed by atoms with Crippen molar-refractivity contribution in [2.24, 2.45) is 0 Å². The van der Waals surface area contributed by atoms with Crippen molar-refractivity contribution in [3.05, 3.63) is 50.5 Å². The minimum absolute atomic E-state index is 0.0367. The highest BCUT2D eigenvalue weighted by Crippen LogP contribution is 2.44. The molecule has 0 amide bonds. The van der Waals surface area contributed by atoms with Gasteiger partial charge in [0.2, 0.25) is 0 Å². The van der Waals surface area contributed by atoms with Crippen molar-refractivity contribution in [3.63, 3.8) is 0 Å². The second-order valence-corrected chi connectivity index (χ2v) is 6.10. The molecule has 7 heteroatoms. The third-order valence-corrected chi connectivity index (χ3v) is 4.41. The largest absolute Gasteiger partial charge is 0.488 e. The molecule has 2 heterocycles. The van der Waals surface area contributed by atoms with Gasteiger partial charge >= 0.3 is 5.97 Å². The summed E-state index contributed by atoms with van der Waals surface area (Å²) in [7, 11) is 0. The number of benzene rings is 1. The number of halogens is 2. The highest BCUT2D eigenvalue weighted by Gasteiger charge is 2.33. The van der Waals surface area contributed by atoms with Gasteiger partial charge < -0.3 is 14.4 Å². The van der Waals surface area contributed by atoms with Crippen LogP contribution < -0.4 is 10.3 Å². The molecule has 1 N–H and O–H groups in total. The van der Waals surface area contributed by atoms with Crippen LogP contribution in [0.25, 0.3) is 11.3 Å². The summed E-state index contributed by atoms with van der Waals surface area (Å²) in [5.74, 6) is -1.57. The number of hydrogen-bond donors (Lipinski definition) is 1. The van der Waals surface area contributed by atoms with E-state index in [9.17, 15) is 19.1 Å². The summed E-state index contributed by atoms with van der Waals surface area (Å²) < 4.78 is 20.6. The lowest BCUT2D eigenvalue weighted by molar-refractivity contribution is 0.0694. The smallest absolute Gasteiger partial charge is 0.341 e. The van der Waals surface area contributed by atoms with Crippen molar-refractivity contribution in [1.29, 1.82) is 0 Å². The van der Waals surface area contributed by atoms with Gasteiger partial charge in [0.1, 0.15) is 23.7 Å². The molecule has 1 saturated carbocycles. The summed E-state index contributed by atoms with van der Waals surface area (Å²) in [6.45, 7) is 0.0800. The number of pyridine rings is 1. The minimum Gasteiger partial charge on any atom is -0.488 e. The van der Waals surface area contributed by atoms with Crippen LogP contribution in [-0.4, -0.2) is 15.6 Å². The summed E-state index contributed by atoms with van der Waals surface area (Å²) in [6.07, 6.45) is 1.61. The molecule has 0 spiro atoms. The molecule has 0 radical (unpaired) electrons. The van der Waals surface area contributed by atoms with Crippen LogP contribution in [-0.2, 0) is 6.61 Å². The molecular formula is C16H11ClFNO4. The molecule has 2 aromatic rings. The molecule has 0 saturated heterocycles. The van der Waals surface area contributed by atoms with Gasteiger partial charge in [-0.05, 0) is 25.0 Å². The van der Waals surface area contributed by atoms with Crippen LogP contribution in [0.5, 0.6) is 5.75 Å². The predicted molar refractivity (Wildman–Crippen MR) is 80.7 cm³/mol. The average Bonchev–Trinajstić information content (AvgIpc) is 3.32. The zero-order valence-electron chi connectivity index (χ0n) is 11.8. The monoisotopic (exact) mass is 335 g/mol. The lowest BCUT2D eigenvalue weighted by Crippen LogP contribution is -2.29. The highest BCUT2D eigenvalue weighted by molar-refractivity contribution is 6.31. The maximum absolute atomic E-state index is 13.6. The second kappa shape index (κ2) is 4.83. The second-order valence-electron chi connectivity index (χ2n) is 5.69. The molecule has 1 aliphatic carbocycles. The van der Waals surface area contributed by atoms with Gasteiger partial charge in [0, 0.05) is 23.2 Å². The SMILES string of the molecule is O=C(O)c1cc2c(n(C3CC3)c1=O)-c1cc(Cl)c(F)cc1OC2. The molecule has 5 nitrogen and oxygen atoms in total. The molecule has 1 aromatic heterocycles. The molecule has 23 heavy (non-hydrogen) atoms. The van der Waals surface area contributed by atoms with E-state index in [4.69, 9.17) is 16.3 Å². The number of rotatable bonds is 2. The topological polar surface area (TPSA) is 68.5 Å². The fourth-order valence-electron chi connectivity index (χ4n) is 2.93. The van der Waals surface area contributed by atoms with Gasteiger partial charge in [-0.25, -0.2) is 9.18 Å². The quantitative estimate of drug-likeness (QED) is 0.914. The van der Waals surface area contributed by atoms with E-state index in [0.717, 1.165) is 12.8 Å². The molecule has 0 atom stereocenters. The Labute approximate surface area is 134 Å². The highest BCUT2D eigenvalue weighted by atomic mass is 35.5. The number of carbonyl (C=O) groups is 1. The third kappa shape index (κ3) is 2.13. The first kappa shape index (κ1) is 14.3. The first-order valence-corrected chi connectivity index (χ1v) is 7.49. The number of aromatic carboxylic acids is 1. The van der Waals surface area contributed by atoms with Crippen LogP contribution in [0, 0.1) is 5.82 Å². The van der Waals surface area contributed by atoms with Gasteiger partial charge in [-0.3, -0.25) is 4.79 Å². The molecule has 1 aliphatic heterocycles. The number of aromatic nitrogens is 1. The van der Waals surface area contributed by atoms with E-state index < -0.39 is 17.3 Å². The van der Waals surface area contributed by atoms with Crippen LogP contribution in [0.2, 0.25) is 5.02 Å². The fourth-order valence-corrected chi connectivity index (χ4v) is 3.09. The Hall–Kier alpha value is -2.34. The molecule has 1 fully saturated rings. The average molecular weight is 336 g/mol. The van der Waals surface area contributed by atoms with Crippen molar-refractivity contribution in [2.45, 2.75) is 25.5 Å². The van der Waals surface area contributed by atoms with Crippen LogP contribution in [0.4, 0.5) is 4.39 Å². The maximum atomic E-state index is 13.6. The van der Waals surface area contributed by atoms with Gasteiger partial charge in [-0.2, -0.15) is 0 Å². The van der Waals surface area contributed by atoms with Gasteiger partial charge in [0.15, 0.2) is 0 Å². The summed E-state index contributed by atoms with van der Waals surface area (Å²) in [4.78, 5) is 23.9. The maximum Gasteiger partial charge on any atom is 0.341 e. The lowest BCUT2D eigenvalue weighted by atomic mass is 10.00. The Bertz CT molecular complexity index is 917. The van der Waals surface area contributed by atoms with E-state index in [-0.39, 0.29) is 23.2 Å². The van der Waals surface area contributed by atoms with Crippen molar-refractivity contribution >= 4 is 17.6 Å². The van der Waals surface area contributed by atoms with Crippen molar-refractivity contribution in [1.82, 2.24) is 4.57 Å². The zero-order valence-corrected chi connectivity index (χ0v) is 12.6. The number of carboxylic acid groups (broad SMARTS) is 1. The Morgan fingerprint density at radius 2 is 2.09 bits per heavy atom. The van der Waals surface area contributed by atoms with Crippen molar-refractivity contribution in [3.8, 4) is 17.0 Å². The number of carboxylic acids is 1. The molecule has 118 valence electrons. The molecule has 0 unspecified atom stereocenters. The summed E-state index contributed by atoms with van der Waals surface area (Å²) >= 11 is 5.87. The van der Waals surface area contributed by atoms with E-state index in [1.807, 2.05) is 0 Å². The fraction of sp³-hybridized carbons (Fsp3) is 0.250. The van der Waals surface area contributed by atoms with E-state index in [2.05, 4.69) is 0 Å². The molecule has 2 aliphatic rings. The van der Waals surface area contributed by atoms with Crippen molar-refractivity contribution in [2.75, 3.05) is 0 Å². The van der Waals surface area contributed by atoms with Crippen LogP contribution in [0.3, 0.4) is 0 Å². The zero-order chi connectivity index (χ0) is 16.3. The van der Waals surface area contributed by atoms with Gasteiger partial charge in [-0.1, -0.05) is 11.6 Å².